The Morgan fingerprint density at radius 3 is 0.773 bits per heavy atom. The Hall–Kier alpha value is -1.56. The summed E-state index contributed by atoms with van der Waals surface area (Å²) in [4.78, 5) is 0. The Labute approximate surface area is 141 Å². The van der Waals surface area contributed by atoms with Gasteiger partial charge in [0, 0.05) is 0 Å². The molecule has 0 heteroatoms. The Morgan fingerprint density at radius 2 is 0.682 bits per heavy atom. The van der Waals surface area contributed by atoms with Crippen LogP contribution in [-0.2, 0) is 0 Å². The molecule has 0 bridgehead atoms. The van der Waals surface area contributed by atoms with Crippen molar-refractivity contribution < 1.29 is 0 Å². The second-order valence-electron chi connectivity index (χ2n) is 4.72. The van der Waals surface area contributed by atoms with E-state index in [1.165, 1.54) is 24.0 Å². The molecule has 0 radical (unpaired) electrons. The summed E-state index contributed by atoms with van der Waals surface area (Å²) in [7, 11) is 0. The lowest BCUT2D eigenvalue weighted by Crippen LogP contribution is -1.62. The van der Waals surface area contributed by atoms with E-state index >= 15 is 0 Å². The molecular weight excluding hydrogens is 264 g/mol. The molecule has 0 spiro atoms. The van der Waals surface area contributed by atoms with Crippen LogP contribution in [0.5, 0.6) is 0 Å². The van der Waals surface area contributed by atoms with E-state index in [-0.39, 0.29) is 14.9 Å². The molecule has 2 rings (SSSR count). The van der Waals surface area contributed by atoms with Crippen LogP contribution in [0.4, 0.5) is 0 Å². The summed E-state index contributed by atoms with van der Waals surface area (Å²) in [5.74, 6) is 0. The standard InChI is InChI=1S/2C7H8.2C3H8.2CH4/c2*1-7-5-3-2-4-6-7;2*1-3-2;;/h2*2-6H,1H3;2*3H2,1-2H3;2*1H4. The van der Waals surface area contributed by atoms with Gasteiger partial charge in [0.15, 0.2) is 0 Å². The Kier molecular flexibility index (Phi) is 31.8. The van der Waals surface area contributed by atoms with Gasteiger partial charge in [-0.2, -0.15) is 0 Å². The van der Waals surface area contributed by atoms with Crippen molar-refractivity contribution in [1.82, 2.24) is 0 Å². The van der Waals surface area contributed by atoms with Crippen LogP contribution in [0.25, 0.3) is 0 Å². The lowest BCUT2D eigenvalue weighted by molar-refractivity contribution is 1.09. The van der Waals surface area contributed by atoms with Gasteiger partial charge in [0.2, 0.25) is 0 Å². The number of hydrogen-bond donors (Lipinski definition) is 0. The molecule has 0 aliphatic heterocycles. The monoisotopic (exact) mass is 304 g/mol. The lowest BCUT2D eigenvalue weighted by atomic mass is 10.2. The van der Waals surface area contributed by atoms with E-state index in [1.54, 1.807) is 0 Å². The van der Waals surface area contributed by atoms with Crippen molar-refractivity contribution >= 4 is 0 Å². The van der Waals surface area contributed by atoms with E-state index in [9.17, 15) is 0 Å². The minimum absolute atomic E-state index is 0. The van der Waals surface area contributed by atoms with Crippen LogP contribution in [0, 0.1) is 13.8 Å². The largest absolute Gasteiger partial charge is 0.0776 e. The molecule has 22 heavy (non-hydrogen) atoms. The average Bonchev–Trinajstić information content (AvgIpc) is 2.43. The molecule has 0 nitrogen and oxygen atoms in total. The van der Waals surface area contributed by atoms with Gasteiger partial charge in [0.1, 0.15) is 0 Å². The molecule has 128 valence electrons. The van der Waals surface area contributed by atoms with Crippen molar-refractivity contribution in [3.05, 3.63) is 71.8 Å². The van der Waals surface area contributed by atoms with Crippen LogP contribution < -0.4 is 0 Å². The van der Waals surface area contributed by atoms with Gasteiger partial charge in [0.05, 0.1) is 0 Å². The highest BCUT2D eigenvalue weighted by Gasteiger charge is 1.72. The predicted octanol–water partition coefficient (Wildman–Crippen LogP) is 8.09. The van der Waals surface area contributed by atoms with E-state index in [0.29, 0.717) is 0 Å². The van der Waals surface area contributed by atoms with E-state index in [4.69, 9.17) is 0 Å². The predicted molar refractivity (Wildman–Crippen MR) is 108 cm³/mol. The van der Waals surface area contributed by atoms with Crippen molar-refractivity contribution in [3.8, 4) is 0 Å². The number of aryl methyl sites for hydroxylation is 2. The van der Waals surface area contributed by atoms with Crippen LogP contribution in [0.15, 0.2) is 60.7 Å². The molecule has 0 fully saturated rings. The topological polar surface area (TPSA) is 0 Å². The fourth-order valence-electron chi connectivity index (χ4n) is 1.07. The smallest absolute Gasteiger partial charge is 0.0398 e. The van der Waals surface area contributed by atoms with Gasteiger partial charge in [0.25, 0.3) is 0 Å². The highest BCUT2D eigenvalue weighted by atomic mass is 13.8. The van der Waals surface area contributed by atoms with Crippen LogP contribution in [0.3, 0.4) is 0 Å². The molecule has 0 saturated heterocycles. The normalized spacial score (nSPS) is 7.18. The molecule has 0 unspecified atom stereocenters. The summed E-state index contributed by atoms with van der Waals surface area (Å²) in [6, 6.07) is 20.5. The molecule has 2 aromatic carbocycles. The van der Waals surface area contributed by atoms with Crippen molar-refractivity contribution in [2.75, 3.05) is 0 Å². The molecular formula is C22H40. The van der Waals surface area contributed by atoms with Crippen LogP contribution >= 0.6 is 0 Å². The summed E-state index contributed by atoms with van der Waals surface area (Å²) in [5.41, 5.74) is 2.64. The van der Waals surface area contributed by atoms with Gasteiger partial charge in [-0.15, -0.1) is 0 Å². The third-order valence-electron chi connectivity index (χ3n) is 1.88. The maximum absolute atomic E-state index is 2.12. The van der Waals surface area contributed by atoms with E-state index in [0.717, 1.165) is 0 Å². The molecule has 0 aliphatic rings. The van der Waals surface area contributed by atoms with E-state index < -0.39 is 0 Å². The Bertz CT molecular complexity index is 322. The second-order valence-corrected chi connectivity index (χ2v) is 4.72. The highest BCUT2D eigenvalue weighted by molar-refractivity contribution is 5.12. The first kappa shape index (κ1) is 28.6. The van der Waals surface area contributed by atoms with Crippen LogP contribution in [0.1, 0.15) is 66.5 Å². The highest BCUT2D eigenvalue weighted by Crippen LogP contribution is 1.92. The zero-order valence-electron chi connectivity index (χ0n) is 14.2. The van der Waals surface area contributed by atoms with Gasteiger partial charge in [-0.25, -0.2) is 0 Å². The first-order valence-corrected chi connectivity index (χ1v) is 7.65. The summed E-state index contributed by atoms with van der Waals surface area (Å²) >= 11 is 0. The first-order chi connectivity index (χ1) is 9.62. The number of hydrogen-bond acceptors (Lipinski definition) is 0. The zero-order valence-corrected chi connectivity index (χ0v) is 14.2. The van der Waals surface area contributed by atoms with Gasteiger partial charge >= 0.3 is 0 Å². The maximum atomic E-state index is 2.12. The van der Waals surface area contributed by atoms with Gasteiger partial charge in [-0.05, 0) is 13.8 Å². The molecule has 0 aliphatic carbocycles. The minimum atomic E-state index is 0. The van der Waals surface area contributed by atoms with Gasteiger partial charge in [-0.1, -0.05) is 127 Å². The third-order valence-corrected chi connectivity index (χ3v) is 1.88. The summed E-state index contributed by atoms with van der Waals surface area (Å²) in [6.07, 6.45) is 2.50. The summed E-state index contributed by atoms with van der Waals surface area (Å²) in [5, 5.41) is 0. The maximum Gasteiger partial charge on any atom is -0.0398 e. The fourth-order valence-corrected chi connectivity index (χ4v) is 1.07. The average molecular weight is 305 g/mol. The van der Waals surface area contributed by atoms with Crippen LogP contribution in [-0.4, -0.2) is 0 Å². The lowest BCUT2D eigenvalue weighted by Gasteiger charge is -1.82. The zero-order chi connectivity index (χ0) is 15.6. The Balaban J connectivity index is -0.000000103. The van der Waals surface area contributed by atoms with Crippen molar-refractivity contribution in [1.29, 1.82) is 0 Å². The van der Waals surface area contributed by atoms with Gasteiger partial charge in [-0.3, -0.25) is 0 Å². The van der Waals surface area contributed by atoms with Crippen molar-refractivity contribution in [2.24, 2.45) is 0 Å². The van der Waals surface area contributed by atoms with Crippen molar-refractivity contribution in [2.45, 2.75) is 69.2 Å². The summed E-state index contributed by atoms with van der Waals surface area (Å²) in [6.45, 7) is 12.7. The quantitative estimate of drug-likeness (QED) is 0.461. The molecule has 0 amide bonds. The number of rotatable bonds is 0. The molecule has 0 aromatic heterocycles. The van der Waals surface area contributed by atoms with Crippen molar-refractivity contribution in [3.63, 3.8) is 0 Å². The third kappa shape index (κ3) is 26.9. The molecule has 0 N–H and O–H groups in total. The van der Waals surface area contributed by atoms with Crippen LogP contribution in [0.2, 0.25) is 0 Å². The molecule has 0 heterocycles. The molecule has 2 aromatic rings. The van der Waals surface area contributed by atoms with E-state index in [2.05, 4.69) is 65.8 Å². The van der Waals surface area contributed by atoms with Gasteiger partial charge < -0.3 is 0 Å². The van der Waals surface area contributed by atoms with E-state index in [1.807, 2.05) is 36.4 Å². The fraction of sp³-hybridized carbons (Fsp3) is 0.455. The SMILES string of the molecule is C.C.CCC.CCC.Cc1ccccc1.Cc1ccccc1. The Morgan fingerprint density at radius 1 is 0.500 bits per heavy atom. The first-order valence-electron chi connectivity index (χ1n) is 7.65. The minimum Gasteiger partial charge on any atom is -0.0776 e. The molecule has 0 atom stereocenters. The molecule has 0 saturated carbocycles. The second kappa shape index (κ2) is 24.5. The number of benzene rings is 2. The summed E-state index contributed by atoms with van der Waals surface area (Å²) < 4.78 is 0.